The molecule has 0 saturated heterocycles. The fraction of sp³-hybridized carbons (Fsp3) is 0.0714. The number of thioether (sulfide) groups is 1. The molecule has 0 bridgehead atoms. The van der Waals surface area contributed by atoms with Gasteiger partial charge in [0.05, 0.1) is 5.25 Å². The van der Waals surface area contributed by atoms with E-state index in [9.17, 15) is 14.4 Å². The van der Waals surface area contributed by atoms with Crippen LogP contribution in [-0.2, 0) is 9.59 Å². The minimum Gasteiger partial charge on any atom is -0.325 e. The Morgan fingerprint density at radius 2 is 1.29 bits per heavy atom. The maximum absolute atomic E-state index is 13.7. The predicted octanol–water partition coefficient (Wildman–Crippen LogP) is 9.43. The Balaban J connectivity index is 1.18. The van der Waals surface area contributed by atoms with Crippen LogP contribution in [0.3, 0.4) is 0 Å². The van der Waals surface area contributed by atoms with E-state index >= 15 is 0 Å². The van der Waals surface area contributed by atoms with Crippen molar-refractivity contribution in [2.24, 2.45) is 0 Å². The molecular formula is C42H35N3O3S. The lowest BCUT2D eigenvalue weighted by molar-refractivity contribution is -0.116. The standard InChI is InChI=1S/C42H35N3O3S/c1-2-39(42(48)44-36-25-24-31-14-9-10-17-34(31)27-36)49-37-19-11-18-35(28-37)43-41(47)38(45-40(46)33-15-7-4-8-16-33)26-29-20-22-32(23-21-29)30-12-5-3-6-13-30/h3-28,39H,2H2,1H3,(H,43,47)(H,44,48)(H,45,46)/b38-26+. The van der Waals surface area contributed by atoms with Gasteiger partial charge >= 0.3 is 0 Å². The molecule has 0 spiro atoms. The highest BCUT2D eigenvalue weighted by Crippen LogP contribution is 2.29. The maximum atomic E-state index is 13.7. The number of hydrogen-bond donors (Lipinski definition) is 3. The Kier molecular flexibility index (Phi) is 10.6. The van der Waals surface area contributed by atoms with Crippen molar-refractivity contribution >= 4 is 57.7 Å². The molecule has 0 radical (unpaired) electrons. The van der Waals surface area contributed by atoms with Gasteiger partial charge in [-0.05, 0) is 82.4 Å². The number of carbonyl (C=O) groups is 3. The molecule has 49 heavy (non-hydrogen) atoms. The lowest BCUT2D eigenvalue weighted by Crippen LogP contribution is -2.30. The van der Waals surface area contributed by atoms with Gasteiger partial charge in [0.15, 0.2) is 0 Å². The summed E-state index contributed by atoms with van der Waals surface area (Å²) in [6, 6.07) is 47.8. The summed E-state index contributed by atoms with van der Waals surface area (Å²) in [6.45, 7) is 1.97. The number of amides is 3. The van der Waals surface area contributed by atoms with E-state index in [-0.39, 0.29) is 16.9 Å². The SMILES string of the molecule is CCC(Sc1cccc(NC(=O)/C(=C\c2ccc(-c3ccccc3)cc2)NC(=O)c2ccccc2)c1)C(=O)Nc1ccc2ccccc2c1. The van der Waals surface area contributed by atoms with Crippen LogP contribution in [0.25, 0.3) is 28.0 Å². The molecule has 7 heteroatoms. The molecule has 6 nitrogen and oxygen atoms in total. The number of fused-ring (bicyclic) bond motifs is 1. The lowest BCUT2D eigenvalue weighted by atomic mass is 10.0. The number of carbonyl (C=O) groups excluding carboxylic acids is 3. The van der Waals surface area contributed by atoms with Gasteiger partial charge < -0.3 is 16.0 Å². The smallest absolute Gasteiger partial charge is 0.272 e. The highest BCUT2D eigenvalue weighted by molar-refractivity contribution is 8.00. The van der Waals surface area contributed by atoms with Crippen LogP contribution in [0, 0.1) is 0 Å². The highest BCUT2D eigenvalue weighted by atomic mass is 32.2. The third kappa shape index (κ3) is 8.71. The van der Waals surface area contributed by atoms with Crippen LogP contribution in [0.15, 0.2) is 162 Å². The molecule has 6 aromatic rings. The Morgan fingerprint density at radius 1 is 0.633 bits per heavy atom. The molecule has 6 rings (SSSR count). The molecule has 3 N–H and O–H groups in total. The first-order chi connectivity index (χ1) is 23.9. The number of rotatable bonds is 11. The van der Waals surface area contributed by atoms with Crippen LogP contribution in [0.5, 0.6) is 0 Å². The molecule has 0 aliphatic rings. The van der Waals surface area contributed by atoms with E-state index in [1.165, 1.54) is 11.8 Å². The van der Waals surface area contributed by atoms with Crippen molar-refractivity contribution in [3.63, 3.8) is 0 Å². The highest BCUT2D eigenvalue weighted by Gasteiger charge is 2.20. The van der Waals surface area contributed by atoms with E-state index in [2.05, 4.69) is 16.0 Å². The molecule has 0 aliphatic carbocycles. The fourth-order valence-electron chi connectivity index (χ4n) is 5.33. The Labute approximate surface area is 290 Å². The summed E-state index contributed by atoms with van der Waals surface area (Å²) in [5, 5.41) is 10.6. The first-order valence-electron chi connectivity index (χ1n) is 16.1. The number of benzene rings is 6. The second kappa shape index (κ2) is 15.8. The van der Waals surface area contributed by atoms with Gasteiger partial charge in [-0.3, -0.25) is 14.4 Å². The Morgan fingerprint density at radius 3 is 2.02 bits per heavy atom. The minimum absolute atomic E-state index is 0.0932. The number of anilines is 2. The van der Waals surface area contributed by atoms with E-state index in [0.29, 0.717) is 17.7 Å². The Bertz CT molecular complexity index is 2110. The molecular weight excluding hydrogens is 627 g/mol. The average molecular weight is 662 g/mol. The van der Waals surface area contributed by atoms with Crippen molar-refractivity contribution < 1.29 is 14.4 Å². The second-order valence-electron chi connectivity index (χ2n) is 11.4. The zero-order valence-corrected chi connectivity index (χ0v) is 27.7. The summed E-state index contributed by atoms with van der Waals surface area (Å²) in [6.07, 6.45) is 2.27. The zero-order valence-electron chi connectivity index (χ0n) is 26.9. The van der Waals surface area contributed by atoms with E-state index in [0.717, 1.165) is 38.0 Å². The molecule has 1 unspecified atom stereocenters. The van der Waals surface area contributed by atoms with E-state index in [4.69, 9.17) is 0 Å². The van der Waals surface area contributed by atoms with E-state index < -0.39 is 11.8 Å². The van der Waals surface area contributed by atoms with Crippen LogP contribution in [0.2, 0.25) is 0 Å². The molecule has 0 aliphatic heterocycles. The predicted molar refractivity (Wildman–Crippen MR) is 201 cm³/mol. The summed E-state index contributed by atoms with van der Waals surface area (Å²) in [5.41, 5.74) is 4.71. The van der Waals surface area contributed by atoms with Gasteiger partial charge in [0.1, 0.15) is 5.70 Å². The normalized spacial score (nSPS) is 11.8. The average Bonchev–Trinajstić information content (AvgIpc) is 3.14. The van der Waals surface area contributed by atoms with Crippen LogP contribution < -0.4 is 16.0 Å². The van der Waals surface area contributed by atoms with Gasteiger partial charge in [0.2, 0.25) is 5.91 Å². The van der Waals surface area contributed by atoms with Crippen molar-refractivity contribution in [3.05, 3.63) is 168 Å². The van der Waals surface area contributed by atoms with E-state index in [1.54, 1.807) is 36.4 Å². The van der Waals surface area contributed by atoms with Crippen molar-refractivity contribution in [1.82, 2.24) is 5.32 Å². The lowest BCUT2D eigenvalue weighted by Gasteiger charge is -2.16. The summed E-state index contributed by atoms with van der Waals surface area (Å²) in [5.74, 6) is -0.959. The third-order valence-corrected chi connectivity index (χ3v) is 9.27. The van der Waals surface area contributed by atoms with Crippen molar-refractivity contribution in [2.75, 3.05) is 10.6 Å². The van der Waals surface area contributed by atoms with Crippen LogP contribution in [0.4, 0.5) is 11.4 Å². The first kappa shape index (κ1) is 33.0. The maximum Gasteiger partial charge on any atom is 0.272 e. The minimum atomic E-state index is -0.473. The summed E-state index contributed by atoms with van der Waals surface area (Å²) < 4.78 is 0. The molecule has 0 heterocycles. The van der Waals surface area contributed by atoms with Gasteiger partial charge in [0, 0.05) is 21.8 Å². The molecule has 0 fully saturated rings. The van der Waals surface area contributed by atoms with Gasteiger partial charge in [-0.2, -0.15) is 0 Å². The van der Waals surface area contributed by atoms with Crippen LogP contribution in [0.1, 0.15) is 29.3 Å². The Hall–Kier alpha value is -5.92. The summed E-state index contributed by atoms with van der Waals surface area (Å²) >= 11 is 1.43. The van der Waals surface area contributed by atoms with Gasteiger partial charge in [-0.15, -0.1) is 11.8 Å². The molecule has 242 valence electrons. The summed E-state index contributed by atoms with van der Waals surface area (Å²) in [7, 11) is 0. The van der Waals surface area contributed by atoms with Gasteiger partial charge in [0.25, 0.3) is 11.8 Å². The molecule has 0 saturated carbocycles. The monoisotopic (exact) mass is 661 g/mol. The molecule has 0 aromatic heterocycles. The molecule has 1 atom stereocenters. The number of nitrogens with one attached hydrogen (secondary N) is 3. The van der Waals surface area contributed by atoms with Crippen molar-refractivity contribution in [2.45, 2.75) is 23.5 Å². The quantitative estimate of drug-likeness (QED) is 0.0954. The summed E-state index contributed by atoms with van der Waals surface area (Å²) in [4.78, 5) is 40.9. The zero-order chi connectivity index (χ0) is 34.0. The molecule has 6 aromatic carbocycles. The first-order valence-corrected chi connectivity index (χ1v) is 16.9. The topological polar surface area (TPSA) is 87.3 Å². The largest absolute Gasteiger partial charge is 0.325 e. The van der Waals surface area contributed by atoms with Crippen LogP contribution >= 0.6 is 11.8 Å². The van der Waals surface area contributed by atoms with Crippen molar-refractivity contribution in [1.29, 1.82) is 0 Å². The third-order valence-electron chi connectivity index (χ3n) is 7.91. The molecule has 3 amide bonds. The second-order valence-corrected chi connectivity index (χ2v) is 12.7. The number of hydrogen-bond acceptors (Lipinski definition) is 4. The van der Waals surface area contributed by atoms with Crippen molar-refractivity contribution in [3.8, 4) is 11.1 Å². The van der Waals surface area contributed by atoms with Gasteiger partial charge in [-0.25, -0.2) is 0 Å². The van der Waals surface area contributed by atoms with Crippen LogP contribution in [-0.4, -0.2) is 23.0 Å². The van der Waals surface area contributed by atoms with Gasteiger partial charge in [-0.1, -0.05) is 116 Å². The van der Waals surface area contributed by atoms with E-state index in [1.807, 2.05) is 128 Å². The fourth-order valence-corrected chi connectivity index (χ4v) is 6.35.